The van der Waals surface area contributed by atoms with Crippen molar-refractivity contribution in [1.82, 2.24) is 4.90 Å². The number of benzene rings is 1. The van der Waals surface area contributed by atoms with E-state index in [1.165, 1.54) is 20.2 Å². The highest BCUT2D eigenvalue weighted by Gasteiger charge is 2.16. The average molecular weight is 279 g/mol. The van der Waals surface area contributed by atoms with Crippen molar-refractivity contribution in [3.8, 4) is 11.5 Å². The van der Waals surface area contributed by atoms with Gasteiger partial charge in [-0.1, -0.05) is 12.7 Å². The lowest BCUT2D eigenvalue weighted by molar-refractivity contribution is -0.137. The molecular formula is C14H17NO5. The Bertz CT molecular complexity index is 512. The van der Waals surface area contributed by atoms with E-state index in [1.54, 1.807) is 18.2 Å². The van der Waals surface area contributed by atoms with E-state index >= 15 is 0 Å². The normalized spacial score (nSPS) is 9.70. The molecular weight excluding hydrogens is 262 g/mol. The van der Waals surface area contributed by atoms with Gasteiger partial charge in [-0.2, -0.15) is 0 Å². The number of carboxylic acid groups (broad SMARTS) is 1. The summed E-state index contributed by atoms with van der Waals surface area (Å²) in [6.07, 6.45) is 1.60. The van der Waals surface area contributed by atoms with Crippen molar-refractivity contribution in [2.24, 2.45) is 0 Å². The molecule has 1 aromatic rings. The van der Waals surface area contributed by atoms with Crippen LogP contribution < -0.4 is 9.47 Å². The highest BCUT2D eigenvalue weighted by molar-refractivity contribution is 5.96. The number of rotatable bonds is 7. The fourth-order valence-corrected chi connectivity index (χ4v) is 1.56. The summed E-state index contributed by atoms with van der Waals surface area (Å²) in [5, 5.41) is 8.67. The summed E-state index contributed by atoms with van der Waals surface area (Å²) in [5.74, 6) is -0.578. The Morgan fingerprint density at radius 3 is 2.65 bits per heavy atom. The Kier molecular flexibility index (Phi) is 5.58. The van der Waals surface area contributed by atoms with Crippen LogP contribution in [0.5, 0.6) is 11.5 Å². The van der Waals surface area contributed by atoms with E-state index in [0.717, 1.165) is 4.90 Å². The van der Waals surface area contributed by atoms with Gasteiger partial charge in [0.05, 0.1) is 7.11 Å². The second-order valence-corrected chi connectivity index (χ2v) is 4.02. The molecule has 0 aliphatic rings. The molecule has 0 bridgehead atoms. The second-order valence-electron chi connectivity index (χ2n) is 4.02. The third-order valence-electron chi connectivity index (χ3n) is 2.49. The van der Waals surface area contributed by atoms with Gasteiger partial charge in [-0.3, -0.25) is 9.59 Å². The summed E-state index contributed by atoms with van der Waals surface area (Å²) in [6.45, 7) is 3.50. The summed E-state index contributed by atoms with van der Waals surface area (Å²) in [5.41, 5.74) is 0.330. The van der Waals surface area contributed by atoms with E-state index in [1.807, 2.05) is 0 Å². The largest absolute Gasteiger partial charge is 0.493 e. The van der Waals surface area contributed by atoms with Crippen molar-refractivity contribution in [2.75, 3.05) is 27.3 Å². The van der Waals surface area contributed by atoms with Crippen molar-refractivity contribution in [1.29, 1.82) is 0 Å². The van der Waals surface area contributed by atoms with Crippen LogP contribution in [-0.4, -0.2) is 49.2 Å². The van der Waals surface area contributed by atoms with Crippen LogP contribution in [0.4, 0.5) is 0 Å². The van der Waals surface area contributed by atoms with Crippen LogP contribution in [0.15, 0.2) is 30.9 Å². The molecule has 6 nitrogen and oxygen atoms in total. The zero-order chi connectivity index (χ0) is 15.1. The van der Waals surface area contributed by atoms with Crippen LogP contribution in [0, 0.1) is 0 Å². The van der Waals surface area contributed by atoms with Crippen molar-refractivity contribution in [2.45, 2.75) is 0 Å². The molecule has 0 spiro atoms. The molecule has 0 aliphatic heterocycles. The van der Waals surface area contributed by atoms with Gasteiger partial charge >= 0.3 is 5.97 Å². The Balaban J connectivity index is 2.94. The second kappa shape index (κ2) is 7.18. The van der Waals surface area contributed by atoms with E-state index in [-0.39, 0.29) is 6.54 Å². The van der Waals surface area contributed by atoms with Gasteiger partial charge in [0.2, 0.25) is 0 Å². The van der Waals surface area contributed by atoms with Crippen molar-refractivity contribution in [3.63, 3.8) is 0 Å². The van der Waals surface area contributed by atoms with E-state index in [4.69, 9.17) is 14.6 Å². The summed E-state index contributed by atoms with van der Waals surface area (Å²) >= 11 is 0. The molecule has 108 valence electrons. The SMILES string of the molecule is C=CCOc1ccc(C(=O)N(C)CC(=O)O)cc1OC. The van der Waals surface area contributed by atoms with Gasteiger partial charge in [0.25, 0.3) is 5.91 Å². The molecule has 1 N–H and O–H groups in total. The van der Waals surface area contributed by atoms with E-state index < -0.39 is 11.9 Å². The maximum atomic E-state index is 12.0. The number of ether oxygens (including phenoxy) is 2. The van der Waals surface area contributed by atoms with Crippen molar-refractivity contribution >= 4 is 11.9 Å². The monoisotopic (exact) mass is 279 g/mol. The van der Waals surface area contributed by atoms with E-state index in [9.17, 15) is 9.59 Å². The Morgan fingerprint density at radius 1 is 1.40 bits per heavy atom. The molecule has 0 aromatic heterocycles. The maximum absolute atomic E-state index is 12.0. The molecule has 20 heavy (non-hydrogen) atoms. The fourth-order valence-electron chi connectivity index (χ4n) is 1.56. The molecule has 1 rings (SSSR count). The molecule has 0 atom stereocenters. The van der Waals surface area contributed by atoms with Gasteiger partial charge in [0, 0.05) is 12.6 Å². The van der Waals surface area contributed by atoms with E-state index in [2.05, 4.69) is 6.58 Å². The van der Waals surface area contributed by atoms with Gasteiger partial charge in [-0.05, 0) is 18.2 Å². The smallest absolute Gasteiger partial charge is 0.323 e. The number of nitrogens with zero attached hydrogens (tertiary/aromatic N) is 1. The maximum Gasteiger partial charge on any atom is 0.323 e. The highest BCUT2D eigenvalue weighted by atomic mass is 16.5. The first kappa shape index (κ1) is 15.6. The number of hydrogen-bond donors (Lipinski definition) is 1. The lowest BCUT2D eigenvalue weighted by Crippen LogP contribution is -2.31. The molecule has 0 aliphatic carbocycles. The number of methoxy groups -OCH3 is 1. The van der Waals surface area contributed by atoms with Crippen molar-refractivity contribution < 1.29 is 24.2 Å². The average Bonchev–Trinajstić information content (AvgIpc) is 2.43. The zero-order valence-corrected chi connectivity index (χ0v) is 11.5. The highest BCUT2D eigenvalue weighted by Crippen LogP contribution is 2.28. The number of amides is 1. The van der Waals surface area contributed by atoms with Crippen molar-refractivity contribution in [3.05, 3.63) is 36.4 Å². The Labute approximate surface area is 117 Å². The minimum atomic E-state index is -1.07. The number of carbonyl (C=O) groups is 2. The molecule has 0 radical (unpaired) electrons. The minimum absolute atomic E-state index is 0.322. The molecule has 0 heterocycles. The van der Waals surface area contributed by atoms with Crippen LogP contribution in [0.25, 0.3) is 0 Å². The molecule has 0 saturated heterocycles. The predicted molar refractivity (Wildman–Crippen MR) is 73.3 cm³/mol. The third-order valence-corrected chi connectivity index (χ3v) is 2.49. The van der Waals surface area contributed by atoms with Gasteiger partial charge in [-0.25, -0.2) is 0 Å². The molecule has 1 amide bonds. The van der Waals surface area contributed by atoms with Gasteiger partial charge < -0.3 is 19.5 Å². The summed E-state index contributed by atoms with van der Waals surface area (Å²) in [4.78, 5) is 23.7. The van der Waals surface area contributed by atoms with E-state index in [0.29, 0.717) is 23.7 Å². The first-order valence-electron chi connectivity index (χ1n) is 5.88. The fraction of sp³-hybridized carbons (Fsp3) is 0.286. The summed E-state index contributed by atoms with van der Waals surface area (Å²) in [7, 11) is 2.89. The molecule has 1 aromatic carbocycles. The molecule has 0 fully saturated rings. The van der Waals surface area contributed by atoms with Crippen LogP contribution in [0.3, 0.4) is 0 Å². The first-order valence-corrected chi connectivity index (χ1v) is 5.88. The number of carbonyl (C=O) groups excluding carboxylic acids is 1. The number of carboxylic acids is 1. The first-order chi connectivity index (χ1) is 9.49. The van der Waals surface area contributed by atoms with Gasteiger partial charge in [0.1, 0.15) is 13.2 Å². The number of likely N-dealkylation sites (N-methyl/N-ethyl adjacent to an activating group) is 1. The predicted octanol–water partition coefficient (Wildman–Crippen LogP) is 1.42. The van der Waals surface area contributed by atoms with Crippen LogP contribution in [-0.2, 0) is 4.79 Å². The number of hydrogen-bond acceptors (Lipinski definition) is 4. The van der Waals surface area contributed by atoms with Gasteiger partial charge in [0.15, 0.2) is 11.5 Å². The topological polar surface area (TPSA) is 76.1 Å². The quantitative estimate of drug-likeness (QED) is 0.764. The summed E-state index contributed by atoms with van der Waals surface area (Å²) in [6, 6.07) is 4.67. The Hall–Kier alpha value is -2.50. The lowest BCUT2D eigenvalue weighted by atomic mass is 10.1. The van der Waals surface area contributed by atoms with Crippen LogP contribution in [0.1, 0.15) is 10.4 Å². The zero-order valence-electron chi connectivity index (χ0n) is 11.5. The lowest BCUT2D eigenvalue weighted by Gasteiger charge is -2.16. The van der Waals surface area contributed by atoms with Crippen LogP contribution >= 0.6 is 0 Å². The van der Waals surface area contributed by atoms with Gasteiger partial charge in [-0.15, -0.1) is 0 Å². The Morgan fingerprint density at radius 2 is 2.10 bits per heavy atom. The number of aliphatic carboxylic acids is 1. The third kappa shape index (κ3) is 4.01. The molecule has 6 heteroatoms. The molecule has 0 saturated carbocycles. The summed E-state index contributed by atoms with van der Waals surface area (Å²) < 4.78 is 10.5. The standard InChI is InChI=1S/C14H17NO5/c1-4-7-20-11-6-5-10(8-12(11)19-3)14(18)15(2)9-13(16)17/h4-6,8H,1,7,9H2,2-3H3,(H,16,17). The van der Waals surface area contributed by atoms with Crippen LogP contribution in [0.2, 0.25) is 0 Å². The minimum Gasteiger partial charge on any atom is -0.493 e. The molecule has 0 unspecified atom stereocenters.